The van der Waals surface area contributed by atoms with E-state index >= 15 is 0 Å². The summed E-state index contributed by atoms with van der Waals surface area (Å²) in [6.45, 7) is 0.629. The predicted molar refractivity (Wildman–Crippen MR) is 63.9 cm³/mol. The zero-order valence-electron chi connectivity index (χ0n) is 9.86. The molecule has 6 heteroatoms. The minimum Gasteiger partial charge on any atom is -0.481 e. The van der Waals surface area contributed by atoms with Gasteiger partial charge in [0.05, 0.1) is 0 Å². The van der Waals surface area contributed by atoms with Crippen LogP contribution in [0.2, 0.25) is 0 Å². The molecule has 0 unspecified atom stereocenters. The summed E-state index contributed by atoms with van der Waals surface area (Å²) in [6.07, 6.45) is 1.66. The Bertz CT molecular complexity index is 510. The van der Waals surface area contributed by atoms with Gasteiger partial charge in [-0.25, -0.2) is 4.68 Å². The smallest absolute Gasteiger partial charge is 0.311 e. The first-order chi connectivity index (χ1) is 8.75. The van der Waals surface area contributed by atoms with Gasteiger partial charge in [0.25, 0.3) is 0 Å². The molecule has 2 rings (SSSR count). The molecule has 94 valence electrons. The van der Waals surface area contributed by atoms with Crippen LogP contribution in [0.4, 0.5) is 0 Å². The Morgan fingerprint density at radius 2 is 2.06 bits per heavy atom. The molecule has 2 aromatic rings. The van der Waals surface area contributed by atoms with Crippen molar-refractivity contribution >= 4 is 5.97 Å². The number of hydrogen-bond donors (Lipinski definition) is 1. The molecule has 0 amide bonds. The molecule has 0 saturated carbocycles. The topological polar surface area (TPSA) is 80.9 Å². The molecule has 0 atom stereocenters. The van der Waals surface area contributed by atoms with E-state index in [4.69, 9.17) is 5.11 Å². The van der Waals surface area contributed by atoms with Crippen LogP contribution >= 0.6 is 0 Å². The van der Waals surface area contributed by atoms with Crippen LogP contribution in [0.5, 0.6) is 0 Å². The van der Waals surface area contributed by atoms with Gasteiger partial charge in [0.15, 0.2) is 5.82 Å². The molecule has 1 N–H and O–H groups in total. The molecule has 0 fully saturated rings. The van der Waals surface area contributed by atoms with Gasteiger partial charge in [-0.1, -0.05) is 30.3 Å². The van der Waals surface area contributed by atoms with Crippen LogP contribution < -0.4 is 0 Å². The summed E-state index contributed by atoms with van der Waals surface area (Å²) in [4.78, 5) is 10.6. The van der Waals surface area contributed by atoms with E-state index in [1.165, 1.54) is 5.56 Å². The zero-order valence-corrected chi connectivity index (χ0v) is 9.86. The number of tetrazole rings is 1. The Morgan fingerprint density at radius 1 is 1.28 bits per heavy atom. The maximum Gasteiger partial charge on any atom is 0.311 e. The largest absolute Gasteiger partial charge is 0.481 e. The van der Waals surface area contributed by atoms with Crippen LogP contribution in [-0.2, 0) is 24.2 Å². The summed E-state index contributed by atoms with van der Waals surface area (Å²) in [6, 6.07) is 10.1. The highest BCUT2D eigenvalue weighted by Gasteiger charge is 2.09. The Hall–Kier alpha value is -2.24. The molecule has 0 aliphatic carbocycles. The molecular formula is C12H14N4O2. The van der Waals surface area contributed by atoms with Crippen molar-refractivity contribution in [2.75, 3.05) is 0 Å². The van der Waals surface area contributed by atoms with E-state index in [0.717, 1.165) is 12.8 Å². The standard InChI is InChI=1S/C12H14N4O2/c17-12(18)9-11-13-14-15-16(11)8-4-7-10-5-2-1-3-6-10/h1-3,5-6H,4,7-9H2,(H,17,18). The molecule has 0 saturated heterocycles. The molecular weight excluding hydrogens is 232 g/mol. The van der Waals surface area contributed by atoms with Gasteiger partial charge in [-0.2, -0.15) is 0 Å². The minimum absolute atomic E-state index is 0.141. The molecule has 0 spiro atoms. The number of aliphatic carboxylic acids is 1. The van der Waals surface area contributed by atoms with E-state index in [1.807, 2.05) is 18.2 Å². The highest BCUT2D eigenvalue weighted by Crippen LogP contribution is 2.04. The van der Waals surface area contributed by atoms with Crippen LogP contribution in [0.3, 0.4) is 0 Å². The van der Waals surface area contributed by atoms with Gasteiger partial charge < -0.3 is 5.11 Å². The first-order valence-electron chi connectivity index (χ1n) is 5.76. The third-order valence-electron chi connectivity index (χ3n) is 2.59. The lowest BCUT2D eigenvalue weighted by Gasteiger charge is -2.03. The Labute approximate surface area is 104 Å². The Kier molecular flexibility index (Phi) is 4.01. The molecule has 1 aromatic carbocycles. The number of nitrogens with zero attached hydrogens (tertiary/aromatic N) is 4. The van der Waals surface area contributed by atoms with Crippen molar-refractivity contribution < 1.29 is 9.90 Å². The first kappa shape index (κ1) is 12.2. The maximum absolute atomic E-state index is 10.6. The monoisotopic (exact) mass is 246 g/mol. The van der Waals surface area contributed by atoms with Crippen LogP contribution in [0.25, 0.3) is 0 Å². The van der Waals surface area contributed by atoms with Crippen LogP contribution in [0.1, 0.15) is 17.8 Å². The van der Waals surface area contributed by atoms with Gasteiger partial charge in [-0.05, 0) is 28.8 Å². The second kappa shape index (κ2) is 5.90. The van der Waals surface area contributed by atoms with Crippen LogP contribution in [0.15, 0.2) is 30.3 Å². The van der Waals surface area contributed by atoms with Gasteiger partial charge in [0.2, 0.25) is 0 Å². The Morgan fingerprint density at radius 3 is 2.78 bits per heavy atom. The summed E-state index contributed by atoms with van der Waals surface area (Å²) >= 11 is 0. The number of aromatic nitrogens is 4. The molecule has 0 aliphatic rings. The average molecular weight is 246 g/mol. The van der Waals surface area contributed by atoms with E-state index in [1.54, 1.807) is 4.68 Å². The highest BCUT2D eigenvalue weighted by molar-refractivity contribution is 5.68. The van der Waals surface area contributed by atoms with Crippen LogP contribution in [0, 0.1) is 0 Å². The van der Waals surface area contributed by atoms with E-state index in [9.17, 15) is 4.79 Å². The molecule has 0 bridgehead atoms. The second-order valence-corrected chi connectivity index (χ2v) is 3.98. The fraction of sp³-hybridized carbons (Fsp3) is 0.333. The van der Waals surface area contributed by atoms with Gasteiger partial charge in [0, 0.05) is 6.54 Å². The molecule has 0 radical (unpaired) electrons. The number of carboxylic acids is 1. The highest BCUT2D eigenvalue weighted by atomic mass is 16.4. The molecule has 1 heterocycles. The maximum atomic E-state index is 10.6. The van der Waals surface area contributed by atoms with Crippen molar-refractivity contribution in [3.63, 3.8) is 0 Å². The van der Waals surface area contributed by atoms with Crippen molar-refractivity contribution in [2.45, 2.75) is 25.8 Å². The number of benzene rings is 1. The molecule has 6 nitrogen and oxygen atoms in total. The van der Waals surface area contributed by atoms with Gasteiger partial charge in [-0.3, -0.25) is 4.79 Å². The fourth-order valence-corrected chi connectivity index (χ4v) is 1.74. The van der Waals surface area contributed by atoms with E-state index in [2.05, 4.69) is 27.7 Å². The SMILES string of the molecule is O=C(O)Cc1nnnn1CCCc1ccccc1. The quantitative estimate of drug-likeness (QED) is 0.820. The summed E-state index contributed by atoms with van der Waals surface area (Å²) < 4.78 is 1.55. The lowest BCUT2D eigenvalue weighted by atomic mass is 10.1. The van der Waals surface area contributed by atoms with Gasteiger partial charge in [0.1, 0.15) is 6.42 Å². The lowest BCUT2D eigenvalue weighted by Crippen LogP contribution is -2.11. The van der Waals surface area contributed by atoms with Crippen LogP contribution in [-0.4, -0.2) is 31.3 Å². The van der Waals surface area contributed by atoms with Crippen molar-refractivity contribution in [1.29, 1.82) is 0 Å². The van der Waals surface area contributed by atoms with E-state index in [0.29, 0.717) is 12.4 Å². The molecule has 0 aliphatic heterocycles. The fourth-order valence-electron chi connectivity index (χ4n) is 1.74. The van der Waals surface area contributed by atoms with Crippen molar-refractivity contribution in [1.82, 2.24) is 20.2 Å². The van der Waals surface area contributed by atoms with Gasteiger partial charge in [-0.15, -0.1) is 5.10 Å². The number of rotatable bonds is 6. The average Bonchev–Trinajstić information content (AvgIpc) is 2.77. The zero-order chi connectivity index (χ0) is 12.8. The Balaban J connectivity index is 1.87. The summed E-state index contributed by atoms with van der Waals surface area (Å²) in [7, 11) is 0. The lowest BCUT2D eigenvalue weighted by molar-refractivity contribution is -0.136. The van der Waals surface area contributed by atoms with E-state index in [-0.39, 0.29) is 6.42 Å². The number of hydrogen-bond acceptors (Lipinski definition) is 4. The minimum atomic E-state index is -0.922. The third kappa shape index (κ3) is 3.38. The predicted octanol–water partition coefficient (Wildman–Crippen LogP) is 0.933. The van der Waals surface area contributed by atoms with Crippen molar-refractivity contribution in [3.8, 4) is 0 Å². The first-order valence-corrected chi connectivity index (χ1v) is 5.76. The summed E-state index contributed by atoms with van der Waals surface area (Å²) in [5.74, 6) is -0.523. The van der Waals surface area contributed by atoms with Crippen molar-refractivity contribution in [2.24, 2.45) is 0 Å². The molecule has 1 aromatic heterocycles. The third-order valence-corrected chi connectivity index (χ3v) is 2.59. The number of carboxylic acid groups (broad SMARTS) is 1. The number of carbonyl (C=O) groups is 1. The normalized spacial score (nSPS) is 10.4. The van der Waals surface area contributed by atoms with E-state index < -0.39 is 5.97 Å². The van der Waals surface area contributed by atoms with Crippen molar-refractivity contribution in [3.05, 3.63) is 41.7 Å². The number of aryl methyl sites for hydroxylation is 2. The second-order valence-electron chi connectivity index (χ2n) is 3.98. The van der Waals surface area contributed by atoms with Gasteiger partial charge >= 0.3 is 5.97 Å². The molecule has 18 heavy (non-hydrogen) atoms. The summed E-state index contributed by atoms with van der Waals surface area (Å²) in [5, 5.41) is 19.7. The summed E-state index contributed by atoms with van der Waals surface area (Å²) in [5.41, 5.74) is 1.25.